The zero-order chi connectivity index (χ0) is 12.3. The zero-order valence-corrected chi connectivity index (χ0v) is 9.79. The summed E-state index contributed by atoms with van der Waals surface area (Å²) in [5.74, 6) is -0.655. The smallest absolute Gasteiger partial charge is 0.321 e. The average molecular weight is 236 g/mol. The molecule has 0 saturated heterocycles. The van der Waals surface area contributed by atoms with E-state index < -0.39 is 11.4 Å². The topological polar surface area (TPSA) is 71.2 Å². The Hall–Kier alpha value is -1.78. The van der Waals surface area contributed by atoms with Crippen molar-refractivity contribution in [3.05, 3.63) is 24.0 Å². The van der Waals surface area contributed by atoms with E-state index >= 15 is 0 Å². The lowest BCUT2D eigenvalue weighted by Crippen LogP contribution is -2.51. The van der Waals surface area contributed by atoms with Crippen molar-refractivity contribution >= 4 is 11.9 Å². The summed E-state index contributed by atoms with van der Waals surface area (Å²) < 4.78 is 4.71. The standard InChI is InChI=1S/C12H16N2O3/c1-17-11(16)12(5-3-6-12)10(15)14-8-9-4-2-7-13-9/h2,4,7,13H,3,5-6,8H2,1H3,(H,14,15). The van der Waals surface area contributed by atoms with Crippen molar-refractivity contribution in [2.24, 2.45) is 5.41 Å². The SMILES string of the molecule is COC(=O)C1(C(=O)NCc2ccc[nH]2)CCC1. The van der Waals surface area contributed by atoms with Gasteiger partial charge in [0.05, 0.1) is 13.7 Å². The molecule has 1 heterocycles. The number of carbonyl (C=O) groups excluding carboxylic acids is 2. The number of H-pyrrole nitrogens is 1. The molecule has 2 N–H and O–H groups in total. The van der Waals surface area contributed by atoms with Gasteiger partial charge in [0.1, 0.15) is 5.41 Å². The highest BCUT2D eigenvalue weighted by Gasteiger charge is 2.51. The third kappa shape index (κ3) is 2.05. The van der Waals surface area contributed by atoms with Gasteiger partial charge in [-0.25, -0.2) is 0 Å². The molecule has 1 aliphatic carbocycles. The Balaban J connectivity index is 1.96. The van der Waals surface area contributed by atoms with Gasteiger partial charge in [0, 0.05) is 11.9 Å². The quantitative estimate of drug-likeness (QED) is 0.604. The molecule has 92 valence electrons. The minimum absolute atomic E-state index is 0.231. The summed E-state index contributed by atoms with van der Waals surface area (Å²) in [6.07, 6.45) is 3.85. The monoisotopic (exact) mass is 236 g/mol. The first-order valence-corrected chi connectivity index (χ1v) is 5.68. The molecule has 5 heteroatoms. The lowest BCUT2D eigenvalue weighted by molar-refractivity contribution is -0.165. The Kier molecular flexibility index (Phi) is 3.17. The number of nitrogens with one attached hydrogen (secondary N) is 2. The minimum Gasteiger partial charge on any atom is -0.468 e. The minimum atomic E-state index is -0.943. The van der Waals surface area contributed by atoms with Gasteiger partial charge in [-0.1, -0.05) is 6.42 Å². The first kappa shape index (κ1) is 11.7. The van der Waals surface area contributed by atoms with Crippen molar-refractivity contribution in [1.82, 2.24) is 10.3 Å². The van der Waals surface area contributed by atoms with Crippen molar-refractivity contribution in [3.8, 4) is 0 Å². The number of aromatic amines is 1. The van der Waals surface area contributed by atoms with Crippen LogP contribution in [0.15, 0.2) is 18.3 Å². The predicted octanol–water partition coefficient (Wildman–Crippen LogP) is 0.974. The number of esters is 1. The number of ether oxygens (including phenoxy) is 1. The summed E-state index contributed by atoms with van der Waals surface area (Å²) in [4.78, 5) is 26.6. The number of methoxy groups -OCH3 is 1. The molecule has 0 aromatic carbocycles. The molecule has 0 atom stereocenters. The van der Waals surface area contributed by atoms with E-state index in [0.29, 0.717) is 19.4 Å². The van der Waals surface area contributed by atoms with E-state index in [4.69, 9.17) is 4.74 Å². The Bertz CT molecular complexity index is 407. The lowest BCUT2D eigenvalue weighted by atomic mass is 9.68. The highest BCUT2D eigenvalue weighted by molar-refractivity contribution is 6.03. The van der Waals surface area contributed by atoms with Crippen molar-refractivity contribution in [2.75, 3.05) is 7.11 Å². The molecule has 0 bridgehead atoms. The maximum atomic E-state index is 12.0. The molecular formula is C12H16N2O3. The van der Waals surface area contributed by atoms with Crippen molar-refractivity contribution < 1.29 is 14.3 Å². The fourth-order valence-electron chi connectivity index (χ4n) is 2.07. The fraction of sp³-hybridized carbons (Fsp3) is 0.500. The van der Waals surface area contributed by atoms with E-state index in [1.54, 1.807) is 6.20 Å². The van der Waals surface area contributed by atoms with Crippen LogP contribution in [0.25, 0.3) is 0 Å². The molecule has 1 aliphatic rings. The normalized spacial score (nSPS) is 17.0. The van der Waals surface area contributed by atoms with Crippen LogP contribution in [-0.2, 0) is 20.9 Å². The number of rotatable bonds is 4. The Labute approximate surface area is 99.5 Å². The number of hydrogen-bond acceptors (Lipinski definition) is 3. The molecule has 0 aliphatic heterocycles. The van der Waals surface area contributed by atoms with Crippen LogP contribution in [0.1, 0.15) is 25.0 Å². The molecule has 2 rings (SSSR count). The highest BCUT2D eigenvalue weighted by atomic mass is 16.5. The summed E-state index contributed by atoms with van der Waals surface area (Å²) >= 11 is 0. The van der Waals surface area contributed by atoms with Gasteiger partial charge < -0.3 is 15.0 Å². The summed E-state index contributed by atoms with van der Waals surface area (Å²) in [5.41, 5.74) is -0.0286. The molecule has 1 aromatic rings. The van der Waals surface area contributed by atoms with Crippen LogP contribution in [0, 0.1) is 5.41 Å². The second-order valence-electron chi connectivity index (χ2n) is 4.31. The largest absolute Gasteiger partial charge is 0.468 e. The highest BCUT2D eigenvalue weighted by Crippen LogP contribution is 2.42. The first-order chi connectivity index (χ1) is 8.19. The lowest BCUT2D eigenvalue weighted by Gasteiger charge is -2.36. The van der Waals surface area contributed by atoms with E-state index in [1.807, 2.05) is 12.1 Å². The van der Waals surface area contributed by atoms with Crippen LogP contribution in [0.4, 0.5) is 0 Å². The van der Waals surface area contributed by atoms with Crippen LogP contribution in [0.2, 0.25) is 0 Å². The molecular weight excluding hydrogens is 220 g/mol. The Morgan fingerprint density at radius 1 is 1.53 bits per heavy atom. The van der Waals surface area contributed by atoms with Crippen molar-refractivity contribution in [3.63, 3.8) is 0 Å². The zero-order valence-electron chi connectivity index (χ0n) is 9.79. The summed E-state index contributed by atoms with van der Waals surface area (Å²) in [7, 11) is 1.32. The van der Waals surface area contributed by atoms with Crippen molar-refractivity contribution in [1.29, 1.82) is 0 Å². The van der Waals surface area contributed by atoms with Gasteiger partial charge in [0.25, 0.3) is 0 Å². The van der Waals surface area contributed by atoms with Gasteiger partial charge in [0.15, 0.2) is 0 Å². The van der Waals surface area contributed by atoms with Gasteiger partial charge in [0.2, 0.25) is 5.91 Å². The maximum Gasteiger partial charge on any atom is 0.321 e. The molecule has 0 unspecified atom stereocenters. The first-order valence-electron chi connectivity index (χ1n) is 5.68. The van der Waals surface area contributed by atoms with Crippen LogP contribution >= 0.6 is 0 Å². The Morgan fingerprint density at radius 3 is 2.76 bits per heavy atom. The molecule has 1 fully saturated rings. The number of aromatic nitrogens is 1. The van der Waals surface area contributed by atoms with E-state index in [-0.39, 0.29) is 5.91 Å². The van der Waals surface area contributed by atoms with E-state index in [1.165, 1.54) is 7.11 Å². The molecule has 1 aromatic heterocycles. The van der Waals surface area contributed by atoms with Gasteiger partial charge in [-0.3, -0.25) is 9.59 Å². The Morgan fingerprint density at radius 2 is 2.29 bits per heavy atom. The summed E-state index contributed by atoms with van der Waals surface area (Å²) in [6.45, 7) is 0.407. The third-order valence-corrected chi connectivity index (χ3v) is 3.32. The molecule has 17 heavy (non-hydrogen) atoms. The van der Waals surface area contributed by atoms with Gasteiger partial charge in [-0.05, 0) is 25.0 Å². The molecule has 1 saturated carbocycles. The van der Waals surface area contributed by atoms with Crippen LogP contribution < -0.4 is 5.32 Å². The van der Waals surface area contributed by atoms with Crippen LogP contribution in [0.3, 0.4) is 0 Å². The summed E-state index contributed by atoms with van der Waals surface area (Å²) in [5, 5.41) is 2.77. The van der Waals surface area contributed by atoms with Crippen LogP contribution in [-0.4, -0.2) is 24.0 Å². The fourth-order valence-corrected chi connectivity index (χ4v) is 2.07. The van der Waals surface area contributed by atoms with Crippen molar-refractivity contribution in [2.45, 2.75) is 25.8 Å². The predicted molar refractivity (Wildman–Crippen MR) is 60.9 cm³/mol. The average Bonchev–Trinajstić information content (AvgIpc) is 2.77. The molecule has 1 amide bonds. The third-order valence-electron chi connectivity index (χ3n) is 3.32. The maximum absolute atomic E-state index is 12.0. The molecule has 0 spiro atoms. The van der Waals surface area contributed by atoms with E-state index in [9.17, 15) is 9.59 Å². The summed E-state index contributed by atoms with van der Waals surface area (Å²) in [6, 6.07) is 3.74. The molecule has 0 radical (unpaired) electrons. The number of carbonyl (C=O) groups is 2. The van der Waals surface area contributed by atoms with Gasteiger partial charge in [-0.2, -0.15) is 0 Å². The number of hydrogen-bond donors (Lipinski definition) is 2. The van der Waals surface area contributed by atoms with Gasteiger partial charge >= 0.3 is 5.97 Å². The second kappa shape index (κ2) is 4.61. The van der Waals surface area contributed by atoms with Crippen LogP contribution in [0.5, 0.6) is 0 Å². The van der Waals surface area contributed by atoms with E-state index in [2.05, 4.69) is 10.3 Å². The van der Waals surface area contributed by atoms with E-state index in [0.717, 1.165) is 12.1 Å². The number of amides is 1. The second-order valence-corrected chi connectivity index (χ2v) is 4.31. The van der Waals surface area contributed by atoms with Gasteiger partial charge in [-0.15, -0.1) is 0 Å². The molecule has 5 nitrogen and oxygen atoms in total.